The van der Waals surface area contributed by atoms with E-state index in [-0.39, 0.29) is 0 Å². The van der Waals surface area contributed by atoms with E-state index < -0.39 is 0 Å². The Bertz CT molecular complexity index is 465. The van der Waals surface area contributed by atoms with Gasteiger partial charge >= 0.3 is 0 Å². The van der Waals surface area contributed by atoms with E-state index in [9.17, 15) is 0 Å². The third kappa shape index (κ3) is 2.11. The van der Waals surface area contributed by atoms with Crippen LogP contribution in [0.1, 0.15) is 49.4 Å². The fourth-order valence-corrected chi connectivity index (χ4v) is 5.52. The van der Waals surface area contributed by atoms with Crippen LogP contribution in [-0.4, -0.2) is 11.5 Å². The largest absolute Gasteiger partial charge is 0.446 e. The van der Waals surface area contributed by atoms with Gasteiger partial charge in [-0.2, -0.15) is 0 Å². The van der Waals surface area contributed by atoms with E-state index in [0.29, 0.717) is 6.54 Å². The first-order valence-corrected chi connectivity index (χ1v) is 8.38. The minimum absolute atomic E-state index is 0.658. The Hall–Kier alpha value is -0.830. The van der Waals surface area contributed by atoms with Crippen molar-refractivity contribution in [2.45, 2.75) is 51.9 Å². The smallest absolute Gasteiger partial charge is 0.194 e. The van der Waals surface area contributed by atoms with Gasteiger partial charge in [-0.15, -0.1) is 0 Å². The molecule has 0 atom stereocenters. The Kier molecular flexibility index (Phi) is 3.13. The van der Waals surface area contributed by atoms with Crippen LogP contribution in [0.15, 0.2) is 4.42 Å². The number of nitrogens with two attached hydrogens (primary N) is 1. The maximum atomic E-state index is 5.91. The summed E-state index contributed by atoms with van der Waals surface area (Å²) in [5.41, 5.74) is 6.71. The van der Waals surface area contributed by atoms with Gasteiger partial charge in [0, 0.05) is 12.8 Å². The Morgan fingerprint density at radius 1 is 1.10 bits per heavy atom. The Morgan fingerprint density at radius 2 is 1.75 bits per heavy atom. The molecule has 0 amide bonds. The molecule has 0 unspecified atom stereocenters. The third-order valence-electron chi connectivity index (χ3n) is 6.15. The summed E-state index contributed by atoms with van der Waals surface area (Å²) >= 11 is 0. The van der Waals surface area contributed by atoms with Gasteiger partial charge in [-0.1, -0.05) is 0 Å². The van der Waals surface area contributed by atoms with Gasteiger partial charge in [0.15, 0.2) is 5.89 Å². The third-order valence-corrected chi connectivity index (χ3v) is 6.15. The zero-order valence-electron chi connectivity index (χ0n) is 12.5. The monoisotopic (exact) mass is 274 g/mol. The van der Waals surface area contributed by atoms with Gasteiger partial charge in [0.1, 0.15) is 5.76 Å². The standard InChI is InChI=1S/C17H26N2O/c1-10-16(2-3-18)19-17(20-10)9-15-13-5-11-4-12(7-13)8-14(15)6-11/h11-15H,2-9,18H2,1H3. The number of hydrogen-bond donors (Lipinski definition) is 1. The quantitative estimate of drug-likeness (QED) is 0.918. The number of aromatic nitrogens is 1. The summed E-state index contributed by atoms with van der Waals surface area (Å²) in [7, 11) is 0. The SMILES string of the molecule is Cc1oc(CC2C3CC4CC(C3)CC2C4)nc1CCN. The number of nitrogens with zero attached hydrogens (tertiary/aromatic N) is 1. The molecular formula is C17H26N2O. The zero-order valence-corrected chi connectivity index (χ0v) is 12.5. The van der Waals surface area contributed by atoms with E-state index in [2.05, 4.69) is 0 Å². The van der Waals surface area contributed by atoms with Crippen molar-refractivity contribution < 1.29 is 4.42 Å². The summed E-state index contributed by atoms with van der Waals surface area (Å²) < 4.78 is 5.91. The van der Waals surface area contributed by atoms with Crippen LogP contribution >= 0.6 is 0 Å². The average molecular weight is 274 g/mol. The normalized spacial score (nSPS) is 38.6. The van der Waals surface area contributed by atoms with Gasteiger partial charge in [0.05, 0.1) is 5.69 Å². The summed E-state index contributed by atoms with van der Waals surface area (Å²) in [6.45, 7) is 2.68. The lowest BCUT2D eigenvalue weighted by Crippen LogP contribution is -2.45. The maximum Gasteiger partial charge on any atom is 0.194 e. The lowest BCUT2D eigenvalue weighted by atomic mass is 9.51. The van der Waals surface area contributed by atoms with Crippen LogP contribution in [0.5, 0.6) is 0 Å². The molecule has 1 aromatic rings. The molecule has 4 fully saturated rings. The van der Waals surface area contributed by atoms with Crippen LogP contribution in [-0.2, 0) is 12.8 Å². The molecule has 20 heavy (non-hydrogen) atoms. The molecule has 4 saturated carbocycles. The molecule has 1 heterocycles. The highest BCUT2D eigenvalue weighted by atomic mass is 16.4. The topological polar surface area (TPSA) is 52.0 Å². The highest BCUT2D eigenvalue weighted by Gasteiger charge is 2.48. The van der Waals surface area contributed by atoms with Crippen molar-refractivity contribution >= 4 is 0 Å². The van der Waals surface area contributed by atoms with Crippen LogP contribution in [0, 0.1) is 36.5 Å². The summed E-state index contributed by atoms with van der Waals surface area (Å²) in [4.78, 5) is 4.70. The molecule has 0 spiro atoms. The second kappa shape index (κ2) is 4.87. The fourth-order valence-electron chi connectivity index (χ4n) is 5.52. The minimum atomic E-state index is 0.658. The summed E-state index contributed by atoms with van der Waals surface area (Å²) in [6, 6.07) is 0. The van der Waals surface area contributed by atoms with Crippen LogP contribution in [0.2, 0.25) is 0 Å². The molecule has 2 N–H and O–H groups in total. The second-order valence-corrected chi connectivity index (χ2v) is 7.45. The van der Waals surface area contributed by atoms with Crippen molar-refractivity contribution in [2.24, 2.45) is 35.3 Å². The molecule has 1 aromatic heterocycles. The average Bonchev–Trinajstić information content (AvgIpc) is 2.74. The van der Waals surface area contributed by atoms with Crippen LogP contribution < -0.4 is 5.73 Å². The number of hydrogen-bond acceptors (Lipinski definition) is 3. The Balaban J connectivity index is 1.50. The van der Waals surface area contributed by atoms with E-state index in [1.54, 1.807) is 0 Å². The molecule has 4 aliphatic rings. The lowest BCUT2D eigenvalue weighted by molar-refractivity contribution is -0.0382. The van der Waals surface area contributed by atoms with E-state index in [4.69, 9.17) is 15.1 Å². The fraction of sp³-hybridized carbons (Fsp3) is 0.824. The van der Waals surface area contributed by atoms with E-state index in [0.717, 1.165) is 59.8 Å². The molecule has 0 radical (unpaired) electrons. The van der Waals surface area contributed by atoms with Crippen LogP contribution in [0.4, 0.5) is 0 Å². The molecule has 5 rings (SSSR count). The predicted octanol–water partition coefficient (Wildman–Crippen LogP) is 3.10. The molecular weight excluding hydrogens is 248 g/mol. The molecule has 110 valence electrons. The van der Waals surface area contributed by atoms with Crippen molar-refractivity contribution in [2.75, 3.05) is 6.54 Å². The van der Waals surface area contributed by atoms with E-state index >= 15 is 0 Å². The Morgan fingerprint density at radius 3 is 2.35 bits per heavy atom. The number of aryl methyl sites for hydroxylation is 1. The number of rotatable bonds is 4. The van der Waals surface area contributed by atoms with E-state index in [1.165, 1.54) is 32.1 Å². The summed E-state index contributed by atoms with van der Waals surface area (Å²) in [6.07, 6.45) is 9.36. The van der Waals surface area contributed by atoms with Gasteiger partial charge in [-0.3, -0.25) is 0 Å². The first-order chi connectivity index (χ1) is 9.72. The van der Waals surface area contributed by atoms with Crippen LogP contribution in [0.3, 0.4) is 0 Å². The van der Waals surface area contributed by atoms with Gasteiger partial charge in [0.2, 0.25) is 0 Å². The van der Waals surface area contributed by atoms with Crippen molar-refractivity contribution in [1.82, 2.24) is 4.98 Å². The molecule has 3 nitrogen and oxygen atoms in total. The summed E-state index contributed by atoms with van der Waals surface area (Å²) in [5, 5.41) is 0. The second-order valence-electron chi connectivity index (χ2n) is 7.45. The zero-order chi connectivity index (χ0) is 13.7. The van der Waals surface area contributed by atoms with Gasteiger partial charge in [-0.25, -0.2) is 4.98 Å². The first kappa shape index (κ1) is 12.9. The molecule has 3 heteroatoms. The number of oxazole rings is 1. The van der Waals surface area contributed by atoms with Gasteiger partial charge in [-0.05, 0) is 75.2 Å². The Labute approximate surface area is 121 Å². The van der Waals surface area contributed by atoms with Gasteiger partial charge in [0.25, 0.3) is 0 Å². The highest BCUT2D eigenvalue weighted by Crippen LogP contribution is 2.57. The predicted molar refractivity (Wildman–Crippen MR) is 78.2 cm³/mol. The van der Waals surface area contributed by atoms with Crippen molar-refractivity contribution in [3.8, 4) is 0 Å². The highest BCUT2D eigenvalue weighted by molar-refractivity contribution is 5.10. The lowest BCUT2D eigenvalue weighted by Gasteiger charge is -2.54. The van der Waals surface area contributed by atoms with Crippen molar-refractivity contribution in [1.29, 1.82) is 0 Å². The van der Waals surface area contributed by atoms with Crippen LogP contribution in [0.25, 0.3) is 0 Å². The molecule has 4 aliphatic carbocycles. The van der Waals surface area contributed by atoms with Crippen molar-refractivity contribution in [3.05, 3.63) is 17.3 Å². The molecule has 0 aromatic carbocycles. The minimum Gasteiger partial charge on any atom is -0.446 e. The maximum absolute atomic E-state index is 5.91. The first-order valence-electron chi connectivity index (χ1n) is 8.38. The van der Waals surface area contributed by atoms with Crippen molar-refractivity contribution in [3.63, 3.8) is 0 Å². The molecule has 0 aliphatic heterocycles. The molecule has 4 bridgehead atoms. The van der Waals surface area contributed by atoms with Gasteiger partial charge < -0.3 is 10.2 Å². The summed E-state index contributed by atoms with van der Waals surface area (Å²) in [5.74, 6) is 6.80. The van der Waals surface area contributed by atoms with E-state index in [1.807, 2.05) is 6.92 Å². The molecule has 0 saturated heterocycles.